The van der Waals surface area contributed by atoms with Crippen molar-refractivity contribution >= 4 is 23.2 Å². The molecule has 0 aliphatic carbocycles. The molecule has 1 aliphatic rings. The molecule has 2 rings (SSSR count). The van der Waals surface area contributed by atoms with Gasteiger partial charge in [0.05, 0.1) is 11.1 Å². The minimum Gasteiger partial charge on any atom is -0.274 e. The summed E-state index contributed by atoms with van der Waals surface area (Å²) < 4.78 is 0. The summed E-state index contributed by atoms with van der Waals surface area (Å²) in [6.45, 7) is 5.01. The van der Waals surface area contributed by atoms with Gasteiger partial charge in [-0.05, 0) is 18.8 Å². The second kappa shape index (κ2) is 8.47. The van der Waals surface area contributed by atoms with Crippen molar-refractivity contribution in [1.82, 2.24) is 4.90 Å². The number of nitrogens with zero attached hydrogens (tertiary/aromatic N) is 1. The maximum absolute atomic E-state index is 12.4. The van der Waals surface area contributed by atoms with Crippen molar-refractivity contribution in [1.29, 1.82) is 0 Å². The van der Waals surface area contributed by atoms with Crippen LogP contribution in [-0.4, -0.2) is 23.3 Å². The first-order chi connectivity index (χ1) is 10.7. The van der Waals surface area contributed by atoms with E-state index >= 15 is 0 Å². The molecule has 0 spiro atoms. The van der Waals surface area contributed by atoms with Crippen LogP contribution in [0.25, 0.3) is 0 Å². The second-order valence-electron chi connectivity index (χ2n) is 6.28. The summed E-state index contributed by atoms with van der Waals surface area (Å²) >= 11 is 1.44. The Labute approximate surface area is 137 Å². The number of fused-ring (bicyclic) bond motifs is 1. The molecule has 0 saturated heterocycles. The monoisotopic (exact) mass is 321 g/mol. The average Bonchev–Trinajstić information content (AvgIpc) is 3.08. The number of rotatable bonds is 10. The van der Waals surface area contributed by atoms with Gasteiger partial charge in [-0.3, -0.25) is 14.5 Å². The maximum Gasteiger partial charge on any atom is 0.262 e. The lowest BCUT2D eigenvalue weighted by atomic mass is 9.94. The van der Waals surface area contributed by atoms with E-state index in [1.165, 1.54) is 54.8 Å². The Morgan fingerprint density at radius 3 is 2.09 bits per heavy atom. The molecule has 0 bridgehead atoms. The average molecular weight is 321 g/mol. The SMILES string of the molecule is CCCCCCC(CCCC)CN1C(=O)c2cscc2C1=O. The van der Waals surface area contributed by atoms with Gasteiger partial charge in [-0.25, -0.2) is 0 Å². The van der Waals surface area contributed by atoms with Gasteiger partial charge in [0.2, 0.25) is 0 Å². The van der Waals surface area contributed by atoms with Gasteiger partial charge in [0.1, 0.15) is 0 Å². The van der Waals surface area contributed by atoms with Crippen molar-refractivity contribution in [2.24, 2.45) is 5.92 Å². The van der Waals surface area contributed by atoms with E-state index in [0.29, 0.717) is 23.6 Å². The Morgan fingerprint density at radius 2 is 1.50 bits per heavy atom. The normalized spacial score (nSPS) is 15.5. The molecule has 2 amide bonds. The smallest absolute Gasteiger partial charge is 0.262 e. The Morgan fingerprint density at radius 1 is 0.909 bits per heavy atom. The van der Waals surface area contributed by atoms with Gasteiger partial charge in [-0.15, -0.1) is 0 Å². The van der Waals surface area contributed by atoms with Crippen molar-refractivity contribution in [3.63, 3.8) is 0 Å². The van der Waals surface area contributed by atoms with E-state index in [2.05, 4.69) is 13.8 Å². The third-order valence-electron chi connectivity index (χ3n) is 4.49. The zero-order chi connectivity index (χ0) is 15.9. The summed E-state index contributed by atoms with van der Waals surface area (Å²) in [7, 11) is 0. The summed E-state index contributed by atoms with van der Waals surface area (Å²) in [6.07, 6.45) is 9.57. The molecule has 0 aromatic carbocycles. The molecule has 0 N–H and O–H groups in total. The number of thiophene rings is 1. The van der Waals surface area contributed by atoms with Crippen molar-refractivity contribution < 1.29 is 9.59 Å². The van der Waals surface area contributed by atoms with E-state index < -0.39 is 0 Å². The fourth-order valence-corrected chi connectivity index (χ4v) is 3.91. The zero-order valence-electron chi connectivity index (χ0n) is 13.8. The fourth-order valence-electron chi connectivity index (χ4n) is 3.11. The standard InChI is InChI=1S/C18H27NO2S/c1-3-5-7-8-10-14(9-6-4-2)11-19-17(20)15-12-22-13-16(15)18(19)21/h12-14H,3-11H2,1-2H3. The van der Waals surface area contributed by atoms with Crippen molar-refractivity contribution in [2.45, 2.75) is 65.2 Å². The van der Waals surface area contributed by atoms with E-state index in [4.69, 9.17) is 0 Å². The molecule has 2 heterocycles. The van der Waals surface area contributed by atoms with E-state index in [0.717, 1.165) is 12.8 Å². The molecule has 4 heteroatoms. The highest BCUT2D eigenvalue weighted by Gasteiger charge is 2.37. The van der Waals surface area contributed by atoms with E-state index in [-0.39, 0.29) is 11.8 Å². The van der Waals surface area contributed by atoms with Crippen LogP contribution in [0, 0.1) is 5.92 Å². The molecule has 1 atom stereocenters. The van der Waals surface area contributed by atoms with Crippen LogP contribution in [0.2, 0.25) is 0 Å². The lowest BCUT2D eigenvalue weighted by Crippen LogP contribution is -2.34. The quantitative estimate of drug-likeness (QED) is 0.443. The molecule has 122 valence electrons. The van der Waals surface area contributed by atoms with Crippen LogP contribution in [-0.2, 0) is 0 Å². The maximum atomic E-state index is 12.4. The third-order valence-corrected chi connectivity index (χ3v) is 5.23. The molecule has 1 unspecified atom stereocenters. The predicted molar refractivity (Wildman–Crippen MR) is 91.5 cm³/mol. The molecule has 0 saturated carbocycles. The van der Waals surface area contributed by atoms with Crippen molar-refractivity contribution in [3.05, 3.63) is 21.9 Å². The summed E-state index contributed by atoms with van der Waals surface area (Å²) in [4.78, 5) is 26.2. The Kier molecular flexibility index (Phi) is 6.62. The van der Waals surface area contributed by atoms with Crippen LogP contribution < -0.4 is 0 Å². The molecular weight excluding hydrogens is 294 g/mol. The van der Waals surface area contributed by atoms with Crippen LogP contribution in [0.1, 0.15) is 85.9 Å². The molecule has 1 aliphatic heterocycles. The number of unbranched alkanes of at least 4 members (excludes halogenated alkanes) is 4. The Bertz CT molecular complexity index is 478. The van der Waals surface area contributed by atoms with Gasteiger partial charge < -0.3 is 0 Å². The van der Waals surface area contributed by atoms with Gasteiger partial charge in [0.25, 0.3) is 11.8 Å². The topological polar surface area (TPSA) is 37.4 Å². The minimum atomic E-state index is -0.0868. The fraction of sp³-hybridized carbons (Fsp3) is 0.667. The number of imide groups is 1. The largest absolute Gasteiger partial charge is 0.274 e. The Balaban J connectivity index is 1.93. The lowest BCUT2D eigenvalue weighted by molar-refractivity contribution is 0.0622. The van der Waals surface area contributed by atoms with Crippen LogP contribution in [0.5, 0.6) is 0 Å². The first kappa shape index (κ1) is 17.2. The zero-order valence-corrected chi connectivity index (χ0v) is 14.6. The molecule has 1 aromatic rings. The van der Waals surface area contributed by atoms with Gasteiger partial charge in [0, 0.05) is 17.3 Å². The van der Waals surface area contributed by atoms with Crippen molar-refractivity contribution in [3.8, 4) is 0 Å². The first-order valence-electron chi connectivity index (χ1n) is 8.61. The van der Waals surface area contributed by atoms with Gasteiger partial charge in [0.15, 0.2) is 0 Å². The number of hydrogen-bond acceptors (Lipinski definition) is 3. The van der Waals surface area contributed by atoms with Gasteiger partial charge in [-0.2, -0.15) is 11.3 Å². The molecule has 22 heavy (non-hydrogen) atoms. The summed E-state index contributed by atoms with van der Waals surface area (Å²) in [5.74, 6) is 0.282. The van der Waals surface area contributed by atoms with Crippen LogP contribution >= 0.6 is 11.3 Å². The summed E-state index contributed by atoms with van der Waals surface area (Å²) in [6, 6.07) is 0. The van der Waals surface area contributed by atoms with Gasteiger partial charge >= 0.3 is 0 Å². The molecule has 0 radical (unpaired) electrons. The minimum absolute atomic E-state index is 0.0868. The van der Waals surface area contributed by atoms with Crippen LogP contribution in [0.15, 0.2) is 10.8 Å². The summed E-state index contributed by atoms with van der Waals surface area (Å²) in [5, 5.41) is 3.61. The lowest BCUT2D eigenvalue weighted by Gasteiger charge is -2.22. The molecule has 3 nitrogen and oxygen atoms in total. The first-order valence-corrected chi connectivity index (χ1v) is 9.55. The number of amides is 2. The Hall–Kier alpha value is -1.16. The van der Waals surface area contributed by atoms with Gasteiger partial charge in [-0.1, -0.05) is 52.4 Å². The predicted octanol–water partition coefficient (Wildman–Crippen LogP) is 5.12. The highest BCUT2D eigenvalue weighted by Crippen LogP contribution is 2.28. The van der Waals surface area contributed by atoms with E-state index in [9.17, 15) is 9.59 Å². The van der Waals surface area contributed by atoms with Crippen LogP contribution in [0.3, 0.4) is 0 Å². The molecule has 0 fully saturated rings. The summed E-state index contributed by atoms with van der Waals surface area (Å²) in [5.41, 5.74) is 1.21. The number of carbonyl (C=O) groups is 2. The van der Waals surface area contributed by atoms with E-state index in [1.807, 2.05) is 0 Å². The highest BCUT2D eigenvalue weighted by molar-refractivity contribution is 7.08. The highest BCUT2D eigenvalue weighted by atomic mass is 32.1. The second-order valence-corrected chi connectivity index (χ2v) is 7.02. The third kappa shape index (κ3) is 3.97. The van der Waals surface area contributed by atoms with Crippen molar-refractivity contribution in [2.75, 3.05) is 6.54 Å². The van der Waals surface area contributed by atoms with Crippen LogP contribution in [0.4, 0.5) is 0 Å². The number of hydrogen-bond donors (Lipinski definition) is 0. The number of carbonyl (C=O) groups excluding carboxylic acids is 2. The molecular formula is C18H27NO2S. The molecule has 1 aromatic heterocycles. The van der Waals surface area contributed by atoms with E-state index in [1.54, 1.807) is 10.8 Å².